The molecular formula is C24H31N5O4S. The van der Waals surface area contributed by atoms with E-state index in [1.807, 2.05) is 37.3 Å². The van der Waals surface area contributed by atoms with Crippen molar-refractivity contribution in [3.8, 4) is 0 Å². The summed E-state index contributed by atoms with van der Waals surface area (Å²) in [5.41, 5.74) is 1.32. The maximum atomic E-state index is 13.2. The highest BCUT2D eigenvalue weighted by atomic mass is 32.1. The van der Waals surface area contributed by atoms with Gasteiger partial charge in [-0.2, -0.15) is 0 Å². The average molecular weight is 486 g/mol. The van der Waals surface area contributed by atoms with Crippen LogP contribution in [0.4, 0.5) is 0 Å². The van der Waals surface area contributed by atoms with Crippen LogP contribution in [0.25, 0.3) is 0 Å². The number of carbonyl (C=O) groups excluding carboxylic acids is 4. The molecule has 3 rings (SSSR count). The van der Waals surface area contributed by atoms with E-state index in [-0.39, 0.29) is 17.7 Å². The third-order valence-electron chi connectivity index (χ3n) is 5.59. The van der Waals surface area contributed by atoms with E-state index in [0.29, 0.717) is 49.4 Å². The maximum absolute atomic E-state index is 13.2. The minimum Gasteiger partial charge on any atom is -0.351 e. The molecule has 34 heavy (non-hydrogen) atoms. The van der Waals surface area contributed by atoms with E-state index in [1.54, 1.807) is 5.38 Å². The van der Waals surface area contributed by atoms with Gasteiger partial charge in [0.1, 0.15) is 22.8 Å². The Morgan fingerprint density at radius 1 is 1.09 bits per heavy atom. The molecule has 2 heterocycles. The third kappa shape index (κ3) is 7.11. The summed E-state index contributed by atoms with van der Waals surface area (Å²) < 4.78 is 0. The number of rotatable bonds is 4. The molecule has 0 unspecified atom stereocenters. The lowest BCUT2D eigenvalue weighted by Crippen LogP contribution is -2.53. The van der Waals surface area contributed by atoms with E-state index in [4.69, 9.17) is 0 Å². The monoisotopic (exact) mass is 485 g/mol. The first-order valence-corrected chi connectivity index (χ1v) is 12.4. The second kappa shape index (κ2) is 12.3. The fourth-order valence-electron chi connectivity index (χ4n) is 3.78. The van der Waals surface area contributed by atoms with Gasteiger partial charge < -0.3 is 21.3 Å². The summed E-state index contributed by atoms with van der Waals surface area (Å²) >= 11 is 1.32. The number of benzene rings is 1. The van der Waals surface area contributed by atoms with Gasteiger partial charge in [0.05, 0.1) is 6.04 Å². The van der Waals surface area contributed by atoms with Gasteiger partial charge in [0, 0.05) is 18.8 Å². The van der Waals surface area contributed by atoms with Gasteiger partial charge in [0.15, 0.2) is 0 Å². The van der Waals surface area contributed by atoms with Crippen molar-refractivity contribution in [2.24, 2.45) is 0 Å². The summed E-state index contributed by atoms with van der Waals surface area (Å²) in [7, 11) is 0. The average Bonchev–Trinajstić information content (AvgIpc) is 3.31. The Morgan fingerprint density at radius 2 is 1.82 bits per heavy atom. The number of thiazole rings is 1. The minimum atomic E-state index is -0.766. The van der Waals surface area contributed by atoms with Gasteiger partial charge in [-0.1, -0.05) is 37.3 Å². The van der Waals surface area contributed by atoms with E-state index >= 15 is 0 Å². The Kier molecular flexibility index (Phi) is 9.15. The molecule has 1 aromatic heterocycles. The van der Waals surface area contributed by atoms with Crippen molar-refractivity contribution >= 4 is 35.0 Å². The SMILES string of the molecule is CC[C@H]1NC(=O)[C@@H](NC(C)=O)CCCCNC(=O)c2csc(n2)[C@H](Cc2ccccc2)NC1=O. The standard InChI is InChI=1S/C24H31N5O4S/c1-3-17-22(32)28-19(13-16-9-5-4-6-10-16)24-29-20(14-34-24)21(31)25-12-8-7-11-18(23(33)27-17)26-15(2)30/h4-6,9-10,14,17-19H,3,7-8,11-13H2,1-2H3,(H,25,31)(H,26,30)(H,27,33)(H,28,32)/t17-,18+,19+/m1/s1. The number of aromatic nitrogens is 1. The molecule has 4 N–H and O–H groups in total. The lowest BCUT2D eigenvalue weighted by atomic mass is 10.0. The third-order valence-corrected chi connectivity index (χ3v) is 6.55. The topological polar surface area (TPSA) is 129 Å². The quantitative estimate of drug-likeness (QED) is 0.525. The lowest BCUT2D eigenvalue weighted by molar-refractivity contribution is -0.132. The molecule has 2 bridgehead atoms. The highest BCUT2D eigenvalue weighted by Crippen LogP contribution is 2.23. The molecule has 182 valence electrons. The first-order chi connectivity index (χ1) is 16.4. The van der Waals surface area contributed by atoms with Crippen molar-refractivity contribution in [2.45, 2.75) is 64.1 Å². The molecule has 2 aromatic rings. The fourth-order valence-corrected chi connectivity index (χ4v) is 4.63. The highest BCUT2D eigenvalue weighted by Gasteiger charge is 2.28. The van der Waals surface area contributed by atoms with Crippen molar-refractivity contribution in [3.05, 3.63) is 52.0 Å². The lowest BCUT2D eigenvalue weighted by Gasteiger charge is -2.24. The number of hydrogen-bond donors (Lipinski definition) is 4. The van der Waals surface area contributed by atoms with Crippen LogP contribution in [0, 0.1) is 0 Å². The Balaban J connectivity index is 1.88. The van der Waals surface area contributed by atoms with Crippen LogP contribution in [0.3, 0.4) is 0 Å². The van der Waals surface area contributed by atoms with Crippen molar-refractivity contribution in [2.75, 3.05) is 6.54 Å². The van der Waals surface area contributed by atoms with Crippen LogP contribution >= 0.6 is 11.3 Å². The Hall–Kier alpha value is -3.27. The predicted molar refractivity (Wildman–Crippen MR) is 129 cm³/mol. The van der Waals surface area contributed by atoms with E-state index in [9.17, 15) is 19.2 Å². The first-order valence-electron chi connectivity index (χ1n) is 11.5. The molecule has 4 amide bonds. The Morgan fingerprint density at radius 3 is 2.53 bits per heavy atom. The van der Waals surface area contributed by atoms with E-state index in [1.165, 1.54) is 18.3 Å². The van der Waals surface area contributed by atoms with E-state index in [0.717, 1.165) is 5.56 Å². The van der Waals surface area contributed by atoms with Gasteiger partial charge in [0.2, 0.25) is 17.7 Å². The summed E-state index contributed by atoms with van der Waals surface area (Å²) in [6.45, 7) is 3.60. The zero-order valence-electron chi connectivity index (χ0n) is 19.4. The van der Waals surface area contributed by atoms with Crippen LogP contribution in [-0.4, -0.2) is 47.2 Å². The summed E-state index contributed by atoms with van der Waals surface area (Å²) in [5.74, 6) is -1.33. The second-order valence-electron chi connectivity index (χ2n) is 8.30. The van der Waals surface area contributed by atoms with Gasteiger partial charge in [-0.3, -0.25) is 19.2 Å². The number of fused-ring (bicyclic) bond motifs is 2. The number of carbonyl (C=O) groups is 4. The smallest absolute Gasteiger partial charge is 0.270 e. The van der Waals surface area contributed by atoms with Gasteiger partial charge >= 0.3 is 0 Å². The molecule has 1 aliphatic rings. The molecule has 0 radical (unpaired) electrons. The second-order valence-corrected chi connectivity index (χ2v) is 9.19. The molecule has 10 heteroatoms. The summed E-state index contributed by atoms with van der Waals surface area (Å²) in [4.78, 5) is 54.7. The fraction of sp³-hybridized carbons (Fsp3) is 0.458. The van der Waals surface area contributed by atoms with E-state index in [2.05, 4.69) is 26.3 Å². The van der Waals surface area contributed by atoms with Crippen molar-refractivity contribution in [1.82, 2.24) is 26.3 Å². The predicted octanol–water partition coefficient (Wildman–Crippen LogP) is 1.86. The van der Waals surface area contributed by atoms with Crippen LogP contribution in [-0.2, 0) is 20.8 Å². The minimum absolute atomic E-state index is 0.276. The summed E-state index contributed by atoms with van der Waals surface area (Å²) in [6, 6.07) is 7.70. The molecule has 0 fully saturated rings. The van der Waals surface area contributed by atoms with Gasteiger partial charge in [0.25, 0.3) is 5.91 Å². The van der Waals surface area contributed by atoms with E-state index < -0.39 is 24.0 Å². The molecule has 3 atom stereocenters. The van der Waals surface area contributed by atoms with Crippen molar-refractivity contribution in [1.29, 1.82) is 0 Å². The largest absolute Gasteiger partial charge is 0.351 e. The molecule has 0 spiro atoms. The Bertz CT molecular complexity index is 1010. The van der Waals surface area contributed by atoms with Crippen LogP contribution in [0.5, 0.6) is 0 Å². The van der Waals surface area contributed by atoms with Gasteiger partial charge in [-0.15, -0.1) is 11.3 Å². The first kappa shape index (κ1) is 25.4. The van der Waals surface area contributed by atoms with Crippen LogP contribution in [0.15, 0.2) is 35.7 Å². The molecule has 1 aromatic carbocycles. The van der Waals surface area contributed by atoms with Gasteiger partial charge in [-0.25, -0.2) is 4.98 Å². The molecule has 1 aliphatic heterocycles. The summed E-state index contributed by atoms with van der Waals surface area (Å²) in [5, 5.41) is 13.6. The maximum Gasteiger partial charge on any atom is 0.270 e. The zero-order chi connectivity index (χ0) is 24.5. The van der Waals surface area contributed by atoms with Crippen molar-refractivity contribution < 1.29 is 19.2 Å². The number of amides is 4. The molecule has 0 aliphatic carbocycles. The molecule has 0 saturated heterocycles. The Labute approximate surface area is 203 Å². The molecule has 0 saturated carbocycles. The van der Waals surface area contributed by atoms with Crippen LogP contribution in [0.2, 0.25) is 0 Å². The summed E-state index contributed by atoms with van der Waals surface area (Å²) in [6.07, 6.45) is 2.52. The molecule has 9 nitrogen and oxygen atoms in total. The normalized spacial score (nSPS) is 22.3. The number of hydrogen-bond acceptors (Lipinski definition) is 6. The van der Waals surface area contributed by atoms with Gasteiger partial charge in [-0.05, 0) is 37.7 Å². The zero-order valence-corrected chi connectivity index (χ0v) is 20.2. The highest BCUT2D eigenvalue weighted by molar-refractivity contribution is 7.09. The van der Waals surface area contributed by atoms with Crippen molar-refractivity contribution in [3.63, 3.8) is 0 Å². The number of nitrogens with one attached hydrogen (secondary N) is 4. The van der Waals surface area contributed by atoms with Crippen LogP contribution in [0.1, 0.15) is 66.6 Å². The molecular weight excluding hydrogens is 454 g/mol. The number of nitrogens with zero attached hydrogens (tertiary/aromatic N) is 1. The van der Waals surface area contributed by atoms with Crippen LogP contribution < -0.4 is 21.3 Å².